The summed E-state index contributed by atoms with van der Waals surface area (Å²) in [6, 6.07) is -0.218. The third kappa shape index (κ3) is 2.06. The zero-order chi connectivity index (χ0) is 9.97. The van der Waals surface area contributed by atoms with E-state index in [1.165, 1.54) is 19.3 Å². The lowest BCUT2D eigenvalue weighted by molar-refractivity contribution is -0.142. The molecular weight excluding hydrogens is 198 g/mol. The number of nitrogens with zero attached hydrogens (tertiary/aromatic N) is 1. The first kappa shape index (κ1) is 10.3. The zero-order valence-corrected chi connectivity index (χ0v) is 9.13. The Hall–Kier alpha value is -0.220. The van der Waals surface area contributed by atoms with Crippen LogP contribution >= 0.6 is 11.8 Å². The van der Waals surface area contributed by atoms with Crippen LogP contribution in [-0.4, -0.2) is 46.1 Å². The number of rotatable bonds is 3. The Morgan fingerprint density at radius 3 is 2.57 bits per heavy atom. The second-order valence-electron chi connectivity index (χ2n) is 4.08. The molecule has 4 heteroatoms. The van der Waals surface area contributed by atoms with Crippen molar-refractivity contribution in [1.29, 1.82) is 0 Å². The number of carbonyl (C=O) groups is 1. The van der Waals surface area contributed by atoms with Crippen LogP contribution in [0.25, 0.3) is 0 Å². The summed E-state index contributed by atoms with van der Waals surface area (Å²) >= 11 is 1.84. The van der Waals surface area contributed by atoms with Crippen LogP contribution in [0.3, 0.4) is 0 Å². The molecule has 1 N–H and O–H groups in total. The molecule has 0 aromatic rings. The molecule has 14 heavy (non-hydrogen) atoms. The topological polar surface area (TPSA) is 40.5 Å². The number of hydrogen-bond donors (Lipinski definition) is 1. The smallest absolute Gasteiger partial charge is 0.322 e. The van der Waals surface area contributed by atoms with Gasteiger partial charge >= 0.3 is 5.97 Å². The van der Waals surface area contributed by atoms with Gasteiger partial charge in [0.1, 0.15) is 6.04 Å². The second kappa shape index (κ2) is 4.53. The number of thioether (sulfide) groups is 1. The van der Waals surface area contributed by atoms with Gasteiger partial charge < -0.3 is 5.11 Å². The zero-order valence-electron chi connectivity index (χ0n) is 8.32. The molecular formula is C10H17NO2S. The fourth-order valence-electron chi connectivity index (χ4n) is 2.42. The highest BCUT2D eigenvalue weighted by Gasteiger charge is 2.36. The molecule has 2 unspecified atom stereocenters. The summed E-state index contributed by atoms with van der Waals surface area (Å²) in [5.74, 6) is 0.522. The van der Waals surface area contributed by atoms with Gasteiger partial charge in [0.2, 0.25) is 0 Å². The van der Waals surface area contributed by atoms with Gasteiger partial charge in [-0.25, -0.2) is 0 Å². The Morgan fingerprint density at radius 1 is 1.36 bits per heavy atom. The van der Waals surface area contributed by atoms with E-state index in [1.807, 2.05) is 11.8 Å². The third-order valence-electron chi connectivity index (χ3n) is 3.10. The molecule has 0 aromatic carbocycles. The molecule has 2 saturated heterocycles. The third-order valence-corrected chi connectivity index (χ3v) is 4.55. The number of carboxylic acids is 1. The van der Waals surface area contributed by atoms with E-state index in [1.54, 1.807) is 0 Å². The van der Waals surface area contributed by atoms with Crippen molar-refractivity contribution in [1.82, 2.24) is 4.90 Å². The summed E-state index contributed by atoms with van der Waals surface area (Å²) in [4.78, 5) is 13.4. The molecule has 3 nitrogen and oxygen atoms in total. The average molecular weight is 215 g/mol. The van der Waals surface area contributed by atoms with E-state index in [9.17, 15) is 9.90 Å². The lowest BCUT2D eigenvalue weighted by atomic mass is 10.1. The monoisotopic (exact) mass is 215 g/mol. The average Bonchev–Trinajstić information content (AvgIpc) is 2.75. The Morgan fingerprint density at radius 2 is 2.07 bits per heavy atom. The van der Waals surface area contributed by atoms with Crippen molar-refractivity contribution in [3.63, 3.8) is 0 Å². The predicted octanol–water partition coefficient (Wildman–Crippen LogP) is 1.43. The van der Waals surface area contributed by atoms with Gasteiger partial charge in [-0.3, -0.25) is 9.69 Å². The Balaban J connectivity index is 2.02. The van der Waals surface area contributed by atoms with Crippen molar-refractivity contribution in [3.8, 4) is 0 Å². The van der Waals surface area contributed by atoms with Gasteiger partial charge in [-0.2, -0.15) is 11.8 Å². The first-order chi connectivity index (χ1) is 6.79. The minimum Gasteiger partial charge on any atom is -0.480 e. The van der Waals surface area contributed by atoms with Crippen molar-refractivity contribution < 1.29 is 9.90 Å². The van der Waals surface area contributed by atoms with E-state index in [0.29, 0.717) is 5.25 Å². The minimum absolute atomic E-state index is 0.218. The lowest BCUT2D eigenvalue weighted by Crippen LogP contribution is -2.45. The van der Waals surface area contributed by atoms with Crippen LogP contribution in [0.15, 0.2) is 0 Å². The summed E-state index contributed by atoms with van der Waals surface area (Å²) in [6.45, 7) is 1.96. The van der Waals surface area contributed by atoms with Crippen LogP contribution in [0.2, 0.25) is 0 Å². The molecule has 0 aromatic heterocycles. The highest BCUT2D eigenvalue weighted by molar-refractivity contribution is 8.00. The molecule has 0 amide bonds. The molecule has 2 rings (SSSR count). The predicted molar refractivity (Wildman–Crippen MR) is 57.7 cm³/mol. The number of hydrogen-bond acceptors (Lipinski definition) is 3. The molecule has 0 saturated carbocycles. The highest BCUT2D eigenvalue weighted by Crippen LogP contribution is 2.32. The quantitative estimate of drug-likeness (QED) is 0.773. The Kier molecular flexibility index (Phi) is 3.34. The van der Waals surface area contributed by atoms with Crippen molar-refractivity contribution in [3.05, 3.63) is 0 Å². The summed E-state index contributed by atoms with van der Waals surface area (Å²) < 4.78 is 0. The minimum atomic E-state index is -0.619. The fourth-order valence-corrected chi connectivity index (χ4v) is 3.86. The summed E-state index contributed by atoms with van der Waals surface area (Å²) in [5, 5.41) is 9.58. The van der Waals surface area contributed by atoms with Gasteiger partial charge in [-0.05, 0) is 44.5 Å². The molecule has 2 aliphatic rings. The fraction of sp³-hybridized carbons (Fsp3) is 0.900. The molecule has 2 aliphatic heterocycles. The molecule has 0 bridgehead atoms. The van der Waals surface area contributed by atoms with E-state index in [0.717, 1.165) is 25.3 Å². The van der Waals surface area contributed by atoms with Crippen LogP contribution in [-0.2, 0) is 4.79 Å². The molecule has 80 valence electrons. The maximum atomic E-state index is 11.2. The number of carboxylic acid groups (broad SMARTS) is 1. The van der Waals surface area contributed by atoms with Gasteiger partial charge in [0.25, 0.3) is 0 Å². The van der Waals surface area contributed by atoms with Gasteiger partial charge in [-0.15, -0.1) is 0 Å². The van der Waals surface area contributed by atoms with Crippen LogP contribution in [0.1, 0.15) is 25.7 Å². The standard InChI is InChI=1S/C10H17NO2S/c12-10(13)9(8-4-3-7-14-8)11-5-1-2-6-11/h8-9H,1-7H2,(H,12,13). The summed E-state index contributed by atoms with van der Waals surface area (Å²) in [7, 11) is 0. The van der Waals surface area contributed by atoms with Crippen molar-refractivity contribution in [2.24, 2.45) is 0 Å². The Bertz CT molecular complexity index is 194. The van der Waals surface area contributed by atoms with Crippen LogP contribution in [0.5, 0.6) is 0 Å². The van der Waals surface area contributed by atoms with Crippen LogP contribution < -0.4 is 0 Å². The first-order valence-corrected chi connectivity index (χ1v) is 6.42. The molecule has 0 aliphatic carbocycles. The maximum absolute atomic E-state index is 11.2. The van der Waals surface area contributed by atoms with Crippen molar-refractivity contribution >= 4 is 17.7 Å². The normalized spacial score (nSPS) is 30.7. The lowest BCUT2D eigenvalue weighted by Gasteiger charge is -2.28. The van der Waals surface area contributed by atoms with Gasteiger partial charge in [0, 0.05) is 5.25 Å². The molecule has 0 radical (unpaired) electrons. The van der Waals surface area contributed by atoms with E-state index in [-0.39, 0.29) is 6.04 Å². The second-order valence-corrected chi connectivity index (χ2v) is 5.42. The van der Waals surface area contributed by atoms with Crippen molar-refractivity contribution in [2.45, 2.75) is 37.0 Å². The highest BCUT2D eigenvalue weighted by atomic mass is 32.2. The number of aliphatic carboxylic acids is 1. The van der Waals surface area contributed by atoms with Crippen molar-refractivity contribution in [2.75, 3.05) is 18.8 Å². The largest absolute Gasteiger partial charge is 0.480 e. The van der Waals surface area contributed by atoms with E-state index >= 15 is 0 Å². The van der Waals surface area contributed by atoms with Crippen LogP contribution in [0.4, 0.5) is 0 Å². The SMILES string of the molecule is O=C(O)C(C1CCCS1)N1CCCC1. The van der Waals surface area contributed by atoms with Gasteiger partial charge in [-0.1, -0.05) is 0 Å². The maximum Gasteiger partial charge on any atom is 0.322 e. The van der Waals surface area contributed by atoms with E-state index in [4.69, 9.17) is 0 Å². The molecule has 2 fully saturated rings. The Labute approximate surface area is 88.9 Å². The number of likely N-dealkylation sites (tertiary alicyclic amines) is 1. The molecule has 2 atom stereocenters. The van der Waals surface area contributed by atoms with Crippen LogP contribution in [0, 0.1) is 0 Å². The molecule has 0 spiro atoms. The summed E-state index contributed by atoms with van der Waals surface area (Å²) in [5.41, 5.74) is 0. The van der Waals surface area contributed by atoms with Gasteiger partial charge in [0.15, 0.2) is 0 Å². The van der Waals surface area contributed by atoms with E-state index in [2.05, 4.69) is 4.90 Å². The first-order valence-electron chi connectivity index (χ1n) is 5.37. The van der Waals surface area contributed by atoms with E-state index < -0.39 is 5.97 Å². The summed E-state index contributed by atoms with van der Waals surface area (Å²) in [6.07, 6.45) is 4.60. The van der Waals surface area contributed by atoms with Gasteiger partial charge in [0.05, 0.1) is 0 Å². The molecule has 2 heterocycles.